The van der Waals surface area contributed by atoms with E-state index in [0.717, 1.165) is 30.3 Å². The number of esters is 1. The molecule has 0 spiro atoms. The van der Waals surface area contributed by atoms with Crippen molar-refractivity contribution in [3.05, 3.63) is 68.5 Å². The number of amides is 1. The molecule has 9 heteroatoms. The largest absolute Gasteiger partial charge is 0.465 e. The highest BCUT2D eigenvalue weighted by Crippen LogP contribution is 2.40. The third kappa shape index (κ3) is 4.26. The van der Waals surface area contributed by atoms with Crippen molar-refractivity contribution in [3.63, 3.8) is 0 Å². The van der Waals surface area contributed by atoms with E-state index in [1.807, 2.05) is 6.07 Å². The number of piperidine rings is 1. The summed E-state index contributed by atoms with van der Waals surface area (Å²) in [5.41, 5.74) is -0.0774. The first kappa shape index (κ1) is 23.0. The molecule has 1 aromatic carbocycles. The van der Waals surface area contributed by atoms with Gasteiger partial charge in [0.1, 0.15) is 6.54 Å². The lowest BCUT2D eigenvalue weighted by molar-refractivity contribution is -0.133. The smallest absolute Gasteiger partial charge is 0.338 e. The van der Waals surface area contributed by atoms with Crippen LogP contribution < -0.4 is 11.2 Å². The first-order valence-corrected chi connectivity index (χ1v) is 12.0. The molecule has 1 aliphatic carbocycles. The number of rotatable bonds is 5. The van der Waals surface area contributed by atoms with Crippen LogP contribution in [0.5, 0.6) is 0 Å². The molecule has 1 saturated carbocycles. The van der Waals surface area contributed by atoms with Gasteiger partial charge in [0.2, 0.25) is 5.91 Å². The minimum absolute atomic E-state index is 0.0236. The number of benzene rings is 1. The number of pyridine rings is 1. The Morgan fingerprint density at radius 3 is 2.51 bits per heavy atom. The van der Waals surface area contributed by atoms with E-state index in [9.17, 15) is 19.2 Å². The van der Waals surface area contributed by atoms with Gasteiger partial charge in [-0.1, -0.05) is 25.1 Å². The third-order valence-electron chi connectivity index (χ3n) is 6.83. The summed E-state index contributed by atoms with van der Waals surface area (Å²) in [6, 6.07) is 10.4. The maximum Gasteiger partial charge on any atom is 0.338 e. The number of hydrogen-bond donors (Lipinski definition) is 0. The summed E-state index contributed by atoms with van der Waals surface area (Å²) in [7, 11) is 1.25. The lowest BCUT2D eigenvalue weighted by Gasteiger charge is -2.31. The second kappa shape index (κ2) is 9.13. The molecule has 2 aromatic heterocycles. The lowest BCUT2D eigenvalue weighted by atomic mass is 10.0. The predicted molar refractivity (Wildman–Crippen MR) is 130 cm³/mol. The van der Waals surface area contributed by atoms with Crippen LogP contribution in [-0.2, 0) is 16.1 Å². The number of likely N-dealkylation sites (tertiary alicyclic amines) is 1. The van der Waals surface area contributed by atoms with Crippen molar-refractivity contribution in [2.24, 2.45) is 5.92 Å². The zero-order valence-electron chi connectivity index (χ0n) is 19.9. The van der Waals surface area contributed by atoms with Gasteiger partial charge in [0, 0.05) is 24.7 Å². The molecule has 0 N–H and O–H groups in total. The number of hydrogen-bond acceptors (Lipinski definition) is 6. The molecule has 1 aliphatic heterocycles. The summed E-state index contributed by atoms with van der Waals surface area (Å²) in [5, 5.41) is -0.0236. The second-order valence-corrected chi connectivity index (χ2v) is 9.49. The molecule has 9 nitrogen and oxygen atoms in total. The Hall–Kier alpha value is -3.75. The van der Waals surface area contributed by atoms with Crippen LogP contribution in [0.4, 0.5) is 0 Å². The molecule has 35 heavy (non-hydrogen) atoms. The summed E-state index contributed by atoms with van der Waals surface area (Å²) < 4.78 is 7.22. The third-order valence-corrected chi connectivity index (χ3v) is 6.83. The molecule has 0 bridgehead atoms. The predicted octanol–water partition coefficient (Wildman–Crippen LogP) is 2.47. The van der Waals surface area contributed by atoms with Crippen molar-refractivity contribution in [2.45, 2.75) is 45.1 Å². The van der Waals surface area contributed by atoms with E-state index >= 15 is 0 Å². The van der Waals surface area contributed by atoms with Crippen LogP contribution in [-0.4, -0.2) is 51.1 Å². The van der Waals surface area contributed by atoms with E-state index in [1.54, 1.807) is 35.2 Å². The molecular weight excluding hydrogens is 448 g/mol. The van der Waals surface area contributed by atoms with Crippen LogP contribution in [0.15, 0.2) is 46.0 Å². The molecular formula is C26H28N4O5. The number of nitrogens with zero attached hydrogens (tertiary/aromatic N) is 4. The summed E-state index contributed by atoms with van der Waals surface area (Å²) in [6.07, 6.45) is 3.77. The summed E-state index contributed by atoms with van der Waals surface area (Å²) >= 11 is 0. The highest BCUT2D eigenvalue weighted by atomic mass is 16.5. The molecule has 182 valence electrons. The highest BCUT2D eigenvalue weighted by Gasteiger charge is 2.31. The summed E-state index contributed by atoms with van der Waals surface area (Å²) in [4.78, 5) is 59.7. The minimum atomic E-state index is -0.717. The van der Waals surface area contributed by atoms with E-state index in [1.165, 1.54) is 11.7 Å². The van der Waals surface area contributed by atoms with Crippen LogP contribution in [0.25, 0.3) is 16.7 Å². The van der Waals surface area contributed by atoms with E-state index in [0.29, 0.717) is 30.4 Å². The quantitative estimate of drug-likeness (QED) is 0.524. The molecule has 3 heterocycles. The number of carbonyl (C=O) groups excluding carboxylic acids is 2. The van der Waals surface area contributed by atoms with Gasteiger partial charge in [-0.15, -0.1) is 0 Å². The zero-order chi connectivity index (χ0) is 24.7. The molecule has 0 radical (unpaired) electrons. The molecule has 1 saturated heterocycles. The minimum Gasteiger partial charge on any atom is -0.465 e. The Morgan fingerprint density at radius 1 is 1.11 bits per heavy atom. The van der Waals surface area contributed by atoms with Gasteiger partial charge in [0.15, 0.2) is 5.65 Å². The molecule has 1 amide bonds. The van der Waals surface area contributed by atoms with E-state index in [-0.39, 0.29) is 28.4 Å². The Bertz CT molecular complexity index is 1420. The number of fused-ring (bicyclic) bond motifs is 1. The van der Waals surface area contributed by atoms with Crippen LogP contribution in [0.2, 0.25) is 0 Å². The number of ether oxygens (including phenoxy) is 1. The van der Waals surface area contributed by atoms with E-state index in [2.05, 4.69) is 11.9 Å². The van der Waals surface area contributed by atoms with Gasteiger partial charge in [-0.05, 0) is 49.8 Å². The average molecular weight is 477 g/mol. The molecule has 5 rings (SSSR count). The monoisotopic (exact) mass is 476 g/mol. The van der Waals surface area contributed by atoms with Crippen molar-refractivity contribution in [3.8, 4) is 5.69 Å². The SMILES string of the molecule is COC(=O)c1cc(C2CC2)nc2c1c(=O)n(CC(=O)N1CCC[C@H](C)C1)c(=O)n2-c1ccccc1. The van der Waals surface area contributed by atoms with E-state index in [4.69, 9.17) is 4.74 Å². The van der Waals surface area contributed by atoms with Gasteiger partial charge in [-0.25, -0.2) is 23.7 Å². The fourth-order valence-corrected chi connectivity index (χ4v) is 4.82. The number of para-hydroxylation sites is 1. The number of carbonyl (C=O) groups is 2. The molecule has 1 atom stereocenters. The van der Waals surface area contributed by atoms with Crippen LogP contribution in [0.3, 0.4) is 0 Å². The van der Waals surface area contributed by atoms with Crippen molar-refractivity contribution < 1.29 is 14.3 Å². The normalized spacial score (nSPS) is 18.0. The van der Waals surface area contributed by atoms with Crippen LogP contribution in [0.1, 0.15) is 54.6 Å². The van der Waals surface area contributed by atoms with Gasteiger partial charge < -0.3 is 9.64 Å². The summed E-state index contributed by atoms with van der Waals surface area (Å²) in [6.45, 7) is 2.86. The Kier molecular flexibility index (Phi) is 6.00. The molecule has 2 aliphatic rings. The van der Waals surface area contributed by atoms with Gasteiger partial charge in [-0.3, -0.25) is 9.59 Å². The molecule has 3 aromatic rings. The van der Waals surface area contributed by atoms with Crippen LogP contribution in [0, 0.1) is 5.92 Å². The Balaban J connectivity index is 1.76. The first-order chi connectivity index (χ1) is 16.9. The maximum absolute atomic E-state index is 13.7. The Labute approximate surface area is 202 Å². The zero-order valence-corrected chi connectivity index (χ0v) is 19.9. The van der Waals surface area contributed by atoms with Gasteiger partial charge in [0.05, 0.1) is 23.7 Å². The van der Waals surface area contributed by atoms with Gasteiger partial charge in [0.25, 0.3) is 5.56 Å². The standard InChI is InChI=1S/C26H28N4O5/c1-16-7-6-12-28(14-16)21(31)15-29-24(32)22-19(25(33)35-2)13-20(17-10-11-17)27-23(22)30(26(29)34)18-8-4-3-5-9-18/h3-5,8-9,13,16-17H,6-7,10-12,14-15H2,1-2H3/t16-/m0/s1. The number of aromatic nitrogens is 3. The average Bonchev–Trinajstić information content (AvgIpc) is 3.71. The lowest BCUT2D eigenvalue weighted by Crippen LogP contribution is -2.47. The van der Waals surface area contributed by atoms with Crippen molar-refractivity contribution in [2.75, 3.05) is 20.2 Å². The fourth-order valence-electron chi connectivity index (χ4n) is 4.82. The van der Waals surface area contributed by atoms with Gasteiger partial charge in [-0.2, -0.15) is 0 Å². The van der Waals surface area contributed by atoms with Gasteiger partial charge >= 0.3 is 11.7 Å². The fraction of sp³-hybridized carbons (Fsp3) is 0.423. The van der Waals surface area contributed by atoms with Crippen molar-refractivity contribution >= 4 is 22.9 Å². The maximum atomic E-state index is 13.7. The second-order valence-electron chi connectivity index (χ2n) is 9.49. The molecule has 0 unspecified atom stereocenters. The topological polar surface area (TPSA) is 104 Å². The highest BCUT2D eigenvalue weighted by molar-refractivity contribution is 6.02. The van der Waals surface area contributed by atoms with Crippen molar-refractivity contribution in [1.82, 2.24) is 19.0 Å². The van der Waals surface area contributed by atoms with Crippen LogP contribution >= 0.6 is 0 Å². The molecule has 2 fully saturated rings. The van der Waals surface area contributed by atoms with Crippen molar-refractivity contribution in [1.29, 1.82) is 0 Å². The Morgan fingerprint density at radius 2 is 1.86 bits per heavy atom. The summed E-state index contributed by atoms with van der Waals surface area (Å²) in [5.74, 6) is -0.445. The number of methoxy groups -OCH3 is 1. The van der Waals surface area contributed by atoms with E-state index < -0.39 is 23.8 Å². The first-order valence-electron chi connectivity index (χ1n) is 12.0.